The van der Waals surface area contributed by atoms with E-state index in [1.807, 2.05) is 0 Å². The van der Waals surface area contributed by atoms with E-state index in [1.54, 1.807) is 27.7 Å². The molecule has 21 heavy (non-hydrogen) atoms. The summed E-state index contributed by atoms with van der Waals surface area (Å²) < 4.78 is 57.6. The van der Waals surface area contributed by atoms with Crippen LogP contribution < -0.4 is 4.72 Å². The molecule has 0 amide bonds. The van der Waals surface area contributed by atoms with E-state index >= 15 is 0 Å². The number of esters is 1. The van der Waals surface area contributed by atoms with E-state index in [0.717, 1.165) is 6.92 Å². The summed E-state index contributed by atoms with van der Waals surface area (Å²) >= 11 is 0. The van der Waals surface area contributed by atoms with Crippen LogP contribution >= 0.6 is 0 Å². The van der Waals surface area contributed by atoms with Crippen LogP contribution in [0.5, 0.6) is 0 Å². The van der Waals surface area contributed by atoms with Crippen LogP contribution in [0.4, 0.5) is 13.2 Å². The molecule has 0 aromatic rings. The fourth-order valence-corrected chi connectivity index (χ4v) is 2.19. The number of hydrogen-bond acceptors (Lipinski definition) is 3. The lowest BCUT2D eigenvalue weighted by molar-refractivity contribution is -0.185. The fraction of sp³-hybridized carbons (Fsp3) is 0.769. The van der Waals surface area contributed by atoms with Gasteiger partial charge in [0.15, 0.2) is 0 Å². The Morgan fingerprint density at radius 1 is 1.24 bits per heavy atom. The van der Waals surface area contributed by atoms with Crippen molar-refractivity contribution in [3.63, 3.8) is 0 Å². The normalized spacial score (nSPS) is 17.0. The van der Waals surface area contributed by atoms with Gasteiger partial charge in [-0.25, -0.2) is 13.7 Å². The topological polar surface area (TPSA) is 55.4 Å². The molecule has 8 heteroatoms. The molecule has 0 bridgehead atoms. The van der Waals surface area contributed by atoms with E-state index in [2.05, 4.69) is 16.0 Å². The summed E-state index contributed by atoms with van der Waals surface area (Å²) in [6, 6.07) is 0. The van der Waals surface area contributed by atoms with Gasteiger partial charge in [-0.3, -0.25) is 0 Å². The van der Waals surface area contributed by atoms with Crippen molar-refractivity contribution in [3.05, 3.63) is 12.2 Å². The van der Waals surface area contributed by atoms with Crippen molar-refractivity contribution >= 4 is 17.0 Å². The number of nitrogens with one attached hydrogen (secondary N) is 1. The van der Waals surface area contributed by atoms with Gasteiger partial charge in [0, 0.05) is 12.0 Å². The molecule has 124 valence electrons. The number of carbonyl (C=O) groups excluding carboxylic acids is 1. The molecule has 2 unspecified atom stereocenters. The van der Waals surface area contributed by atoms with Gasteiger partial charge in [-0.1, -0.05) is 6.58 Å². The molecule has 0 aliphatic carbocycles. The van der Waals surface area contributed by atoms with E-state index in [9.17, 15) is 22.2 Å². The SMILES string of the molecule is C=C(CC(C)(NS(=O)C(C)(C)C)C(F)(F)F)C(=O)OCC. The second-order valence-corrected chi connectivity index (χ2v) is 7.78. The third-order valence-corrected chi connectivity index (χ3v) is 4.38. The van der Waals surface area contributed by atoms with Crippen molar-refractivity contribution in [2.75, 3.05) is 6.61 Å². The van der Waals surface area contributed by atoms with Crippen LogP contribution in [0.1, 0.15) is 41.0 Å². The summed E-state index contributed by atoms with van der Waals surface area (Å²) in [6.07, 6.45) is -5.44. The van der Waals surface area contributed by atoms with Gasteiger partial charge in [0.2, 0.25) is 0 Å². The molecule has 0 spiro atoms. The average Bonchev–Trinajstić information content (AvgIpc) is 2.26. The van der Waals surface area contributed by atoms with Gasteiger partial charge >= 0.3 is 12.1 Å². The molecular weight excluding hydrogens is 307 g/mol. The quantitative estimate of drug-likeness (QED) is 0.602. The summed E-state index contributed by atoms with van der Waals surface area (Å²) in [4.78, 5) is 11.4. The minimum atomic E-state index is -4.71. The second-order valence-electron chi connectivity index (χ2n) is 5.81. The minimum Gasteiger partial charge on any atom is -0.463 e. The van der Waals surface area contributed by atoms with Crippen molar-refractivity contribution < 1.29 is 26.9 Å². The van der Waals surface area contributed by atoms with Gasteiger partial charge in [-0.15, -0.1) is 0 Å². The third kappa shape index (κ3) is 5.78. The molecule has 1 N–H and O–H groups in total. The van der Waals surface area contributed by atoms with Crippen LogP contribution in [0.25, 0.3) is 0 Å². The number of alkyl halides is 3. The van der Waals surface area contributed by atoms with Gasteiger partial charge in [-0.2, -0.15) is 13.2 Å². The van der Waals surface area contributed by atoms with E-state index < -0.39 is 39.8 Å². The summed E-state index contributed by atoms with van der Waals surface area (Å²) in [5.41, 5.74) is -2.86. The first kappa shape index (κ1) is 20.1. The van der Waals surface area contributed by atoms with Gasteiger partial charge in [0.25, 0.3) is 0 Å². The standard InChI is InChI=1S/C13H22F3NO3S/c1-7-20-10(18)9(2)8-12(6,13(14,15)16)17-21(19)11(3,4)5/h17H,2,7-8H2,1,3-6H3. The lowest BCUT2D eigenvalue weighted by Crippen LogP contribution is -2.57. The summed E-state index contributed by atoms with van der Waals surface area (Å²) in [5.74, 6) is -0.892. The minimum absolute atomic E-state index is 0.0436. The highest BCUT2D eigenvalue weighted by atomic mass is 32.2. The molecule has 0 radical (unpaired) electrons. The van der Waals surface area contributed by atoms with Crippen LogP contribution in [-0.4, -0.2) is 33.2 Å². The first-order chi connectivity index (χ1) is 9.24. The maximum absolute atomic E-state index is 13.3. The number of hydrogen-bond donors (Lipinski definition) is 1. The van der Waals surface area contributed by atoms with Crippen LogP contribution in [0.15, 0.2) is 12.2 Å². The zero-order valence-corrected chi connectivity index (χ0v) is 13.7. The van der Waals surface area contributed by atoms with Gasteiger partial charge in [-0.05, 0) is 34.6 Å². The summed E-state index contributed by atoms with van der Waals surface area (Å²) in [7, 11) is -1.95. The highest BCUT2D eigenvalue weighted by Crippen LogP contribution is 2.36. The maximum Gasteiger partial charge on any atom is 0.407 e. The molecular formula is C13H22F3NO3S. The Hall–Kier alpha value is -0.890. The molecule has 0 saturated carbocycles. The zero-order valence-electron chi connectivity index (χ0n) is 12.9. The predicted octanol–water partition coefficient (Wildman–Crippen LogP) is 2.87. The summed E-state index contributed by atoms with van der Waals surface area (Å²) in [6.45, 7) is 10.4. The van der Waals surface area contributed by atoms with Crippen LogP contribution in [0.2, 0.25) is 0 Å². The Kier molecular flexibility index (Phi) is 6.62. The molecule has 0 fully saturated rings. The second kappa shape index (κ2) is 6.91. The van der Waals surface area contributed by atoms with E-state index in [4.69, 9.17) is 0 Å². The molecule has 2 atom stereocenters. The predicted molar refractivity (Wildman–Crippen MR) is 75.9 cm³/mol. The van der Waals surface area contributed by atoms with Crippen LogP contribution in [0.3, 0.4) is 0 Å². The van der Waals surface area contributed by atoms with Crippen molar-refractivity contribution in [3.8, 4) is 0 Å². The average molecular weight is 329 g/mol. The van der Waals surface area contributed by atoms with Crippen molar-refractivity contribution in [2.45, 2.75) is 57.5 Å². The van der Waals surface area contributed by atoms with Gasteiger partial charge in [0.05, 0.1) is 22.3 Å². The van der Waals surface area contributed by atoms with Gasteiger partial charge < -0.3 is 4.74 Å². The molecule has 4 nitrogen and oxygen atoms in total. The van der Waals surface area contributed by atoms with Crippen LogP contribution in [-0.2, 0) is 20.5 Å². The van der Waals surface area contributed by atoms with Gasteiger partial charge in [0.1, 0.15) is 5.54 Å². The Bertz CT molecular complexity index is 429. The number of carbonyl (C=O) groups is 1. The maximum atomic E-state index is 13.3. The number of halogens is 3. The largest absolute Gasteiger partial charge is 0.463 e. The smallest absolute Gasteiger partial charge is 0.407 e. The molecule has 0 saturated heterocycles. The fourth-order valence-electron chi connectivity index (χ4n) is 1.28. The summed E-state index contributed by atoms with van der Waals surface area (Å²) in [5, 5.41) is 0. The molecule has 0 aliphatic heterocycles. The Morgan fingerprint density at radius 2 is 1.71 bits per heavy atom. The Balaban J connectivity index is 5.26. The highest BCUT2D eigenvalue weighted by molar-refractivity contribution is 7.84. The van der Waals surface area contributed by atoms with E-state index in [0.29, 0.717) is 0 Å². The zero-order chi connectivity index (χ0) is 17.1. The van der Waals surface area contributed by atoms with E-state index in [1.165, 1.54) is 0 Å². The van der Waals surface area contributed by atoms with Crippen molar-refractivity contribution in [1.82, 2.24) is 4.72 Å². The first-order valence-electron chi connectivity index (χ1n) is 6.36. The Morgan fingerprint density at radius 3 is 2.05 bits per heavy atom. The van der Waals surface area contributed by atoms with Crippen molar-refractivity contribution in [2.24, 2.45) is 0 Å². The number of rotatable bonds is 6. The highest BCUT2D eigenvalue weighted by Gasteiger charge is 2.53. The molecule has 0 rings (SSSR count). The van der Waals surface area contributed by atoms with Crippen LogP contribution in [0, 0.1) is 0 Å². The molecule has 0 aromatic carbocycles. The van der Waals surface area contributed by atoms with E-state index in [-0.39, 0.29) is 12.2 Å². The first-order valence-corrected chi connectivity index (χ1v) is 7.51. The lowest BCUT2D eigenvalue weighted by Gasteiger charge is -2.35. The monoisotopic (exact) mass is 329 g/mol. The lowest BCUT2D eigenvalue weighted by atomic mass is 9.94. The number of ether oxygens (including phenoxy) is 1. The molecule has 0 heterocycles. The molecule has 0 aliphatic rings. The third-order valence-electron chi connectivity index (χ3n) is 2.63. The van der Waals surface area contributed by atoms with Crippen molar-refractivity contribution in [1.29, 1.82) is 0 Å². The Labute approximate surface area is 125 Å². The molecule has 0 aromatic heterocycles.